The molecule has 1 aliphatic rings. The van der Waals surface area contributed by atoms with Gasteiger partial charge in [-0.25, -0.2) is 0 Å². The Morgan fingerprint density at radius 1 is 1.40 bits per heavy atom. The fourth-order valence-corrected chi connectivity index (χ4v) is 2.72. The van der Waals surface area contributed by atoms with E-state index in [1.54, 1.807) is 0 Å². The third-order valence-corrected chi connectivity index (χ3v) is 3.86. The molecule has 0 saturated carbocycles. The number of carbonyl (C=O) groups excluding carboxylic acids is 1. The van der Waals surface area contributed by atoms with E-state index in [1.165, 1.54) is 12.8 Å². The lowest BCUT2D eigenvalue weighted by atomic mass is 10.1. The average molecular weight is 275 g/mol. The fraction of sp³-hybridized carbons (Fsp3) is 0.562. The third kappa shape index (κ3) is 4.62. The number of likely N-dealkylation sites (N-methyl/N-ethyl adjacent to an activating group) is 1. The molecule has 0 bridgehead atoms. The van der Waals surface area contributed by atoms with Crippen LogP contribution in [-0.4, -0.2) is 43.5 Å². The molecule has 0 radical (unpaired) electrons. The van der Waals surface area contributed by atoms with E-state index >= 15 is 0 Å². The SMILES string of the molecule is Cc1cccc(NC(=O)CN(C)C2CCCNCC2)c1. The van der Waals surface area contributed by atoms with Crippen LogP contribution in [0.5, 0.6) is 0 Å². The molecule has 1 aliphatic heterocycles. The molecule has 1 aromatic carbocycles. The summed E-state index contributed by atoms with van der Waals surface area (Å²) in [6, 6.07) is 8.42. The zero-order chi connectivity index (χ0) is 14.4. The van der Waals surface area contributed by atoms with Crippen molar-refractivity contribution in [2.45, 2.75) is 32.2 Å². The number of hydrogen-bond donors (Lipinski definition) is 2. The van der Waals surface area contributed by atoms with Gasteiger partial charge in [-0.2, -0.15) is 0 Å². The molecule has 1 amide bonds. The molecule has 0 aliphatic carbocycles. The molecule has 4 nitrogen and oxygen atoms in total. The lowest BCUT2D eigenvalue weighted by molar-refractivity contribution is -0.117. The molecule has 110 valence electrons. The molecular formula is C16H25N3O. The highest BCUT2D eigenvalue weighted by Gasteiger charge is 2.18. The standard InChI is InChI=1S/C16H25N3O/c1-13-5-3-6-14(11-13)18-16(20)12-19(2)15-7-4-9-17-10-8-15/h3,5-6,11,15,17H,4,7-10,12H2,1-2H3,(H,18,20). The zero-order valence-electron chi connectivity index (χ0n) is 12.5. The first-order valence-corrected chi connectivity index (χ1v) is 7.42. The van der Waals surface area contributed by atoms with Crippen LogP contribution in [0.1, 0.15) is 24.8 Å². The van der Waals surface area contributed by atoms with Crippen molar-refractivity contribution >= 4 is 11.6 Å². The van der Waals surface area contributed by atoms with Gasteiger partial charge in [-0.1, -0.05) is 12.1 Å². The first kappa shape index (κ1) is 15.0. The Labute approximate surface area is 121 Å². The number of rotatable bonds is 4. The third-order valence-electron chi connectivity index (χ3n) is 3.86. The van der Waals surface area contributed by atoms with Gasteiger partial charge in [0.05, 0.1) is 6.54 Å². The largest absolute Gasteiger partial charge is 0.325 e. The van der Waals surface area contributed by atoms with Gasteiger partial charge in [-0.05, 0) is 64.0 Å². The Kier molecular flexibility index (Phi) is 5.56. The maximum absolute atomic E-state index is 12.1. The van der Waals surface area contributed by atoms with Crippen molar-refractivity contribution in [2.24, 2.45) is 0 Å². The molecule has 1 aromatic rings. The van der Waals surface area contributed by atoms with Crippen molar-refractivity contribution < 1.29 is 4.79 Å². The Bertz CT molecular complexity index is 439. The Hall–Kier alpha value is -1.39. The molecule has 1 saturated heterocycles. The van der Waals surface area contributed by atoms with E-state index in [0.717, 1.165) is 30.8 Å². The first-order chi connectivity index (χ1) is 9.65. The predicted molar refractivity (Wildman–Crippen MR) is 82.9 cm³/mol. The quantitative estimate of drug-likeness (QED) is 0.883. The van der Waals surface area contributed by atoms with Crippen molar-refractivity contribution in [3.8, 4) is 0 Å². The van der Waals surface area contributed by atoms with Crippen LogP contribution in [-0.2, 0) is 4.79 Å². The molecule has 1 fully saturated rings. The van der Waals surface area contributed by atoms with Crippen LogP contribution in [0.2, 0.25) is 0 Å². The van der Waals surface area contributed by atoms with Crippen LogP contribution >= 0.6 is 0 Å². The molecule has 2 N–H and O–H groups in total. The Balaban J connectivity index is 1.84. The smallest absolute Gasteiger partial charge is 0.238 e. The number of hydrogen-bond acceptors (Lipinski definition) is 3. The number of benzene rings is 1. The van der Waals surface area contributed by atoms with Gasteiger partial charge in [-0.3, -0.25) is 9.69 Å². The summed E-state index contributed by atoms with van der Waals surface area (Å²) in [6.07, 6.45) is 3.48. The molecule has 20 heavy (non-hydrogen) atoms. The van der Waals surface area contributed by atoms with E-state index < -0.39 is 0 Å². The van der Waals surface area contributed by atoms with Gasteiger partial charge in [0.2, 0.25) is 5.91 Å². The van der Waals surface area contributed by atoms with Gasteiger partial charge >= 0.3 is 0 Å². The van der Waals surface area contributed by atoms with Crippen LogP contribution in [0.3, 0.4) is 0 Å². The molecule has 0 spiro atoms. The van der Waals surface area contributed by atoms with E-state index in [9.17, 15) is 4.79 Å². The van der Waals surface area contributed by atoms with Crippen LogP contribution in [0.15, 0.2) is 24.3 Å². The molecule has 4 heteroatoms. The molecule has 2 rings (SSSR count). The second-order valence-corrected chi connectivity index (χ2v) is 5.67. The second-order valence-electron chi connectivity index (χ2n) is 5.67. The number of amides is 1. The zero-order valence-corrected chi connectivity index (χ0v) is 12.5. The minimum atomic E-state index is 0.0651. The normalized spacial score (nSPS) is 19.6. The summed E-state index contributed by atoms with van der Waals surface area (Å²) in [5.41, 5.74) is 2.04. The van der Waals surface area contributed by atoms with Crippen molar-refractivity contribution in [3.63, 3.8) is 0 Å². The summed E-state index contributed by atoms with van der Waals surface area (Å²) >= 11 is 0. The van der Waals surface area contributed by atoms with Gasteiger partial charge in [0.15, 0.2) is 0 Å². The van der Waals surface area contributed by atoms with E-state index in [2.05, 4.69) is 15.5 Å². The summed E-state index contributed by atoms with van der Waals surface area (Å²) in [5, 5.41) is 6.38. The summed E-state index contributed by atoms with van der Waals surface area (Å²) in [7, 11) is 2.05. The predicted octanol–water partition coefficient (Wildman–Crippen LogP) is 2.01. The fourth-order valence-electron chi connectivity index (χ4n) is 2.72. The van der Waals surface area contributed by atoms with Crippen LogP contribution in [0.4, 0.5) is 5.69 Å². The molecule has 1 unspecified atom stereocenters. The summed E-state index contributed by atoms with van der Waals surface area (Å²) < 4.78 is 0. The van der Waals surface area contributed by atoms with Gasteiger partial charge < -0.3 is 10.6 Å². The topological polar surface area (TPSA) is 44.4 Å². The number of anilines is 1. The monoisotopic (exact) mass is 275 g/mol. The van der Waals surface area contributed by atoms with E-state index in [4.69, 9.17) is 0 Å². The molecule has 1 heterocycles. The van der Waals surface area contributed by atoms with Crippen LogP contribution in [0.25, 0.3) is 0 Å². The number of aryl methyl sites for hydroxylation is 1. The maximum Gasteiger partial charge on any atom is 0.238 e. The minimum Gasteiger partial charge on any atom is -0.325 e. The maximum atomic E-state index is 12.1. The number of carbonyl (C=O) groups is 1. The summed E-state index contributed by atoms with van der Waals surface area (Å²) in [4.78, 5) is 14.3. The van der Waals surface area contributed by atoms with Crippen LogP contribution in [0, 0.1) is 6.92 Å². The second kappa shape index (κ2) is 7.41. The van der Waals surface area contributed by atoms with Crippen molar-refractivity contribution in [1.82, 2.24) is 10.2 Å². The highest BCUT2D eigenvalue weighted by Crippen LogP contribution is 2.13. The van der Waals surface area contributed by atoms with Crippen LogP contribution < -0.4 is 10.6 Å². The van der Waals surface area contributed by atoms with E-state index in [0.29, 0.717) is 12.6 Å². The number of nitrogens with one attached hydrogen (secondary N) is 2. The lowest BCUT2D eigenvalue weighted by Gasteiger charge is -2.26. The molecule has 1 atom stereocenters. The van der Waals surface area contributed by atoms with Gasteiger partial charge in [-0.15, -0.1) is 0 Å². The minimum absolute atomic E-state index is 0.0651. The van der Waals surface area contributed by atoms with E-state index in [-0.39, 0.29) is 5.91 Å². The van der Waals surface area contributed by atoms with Crippen molar-refractivity contribution in [2.75, 3.05) is 32.0 Å². The Morgan fingerprint density at radius 2 is 2.25 bits per heavy atom. The lowest BCUT2D eigenvalue weighted by Crippen LogP contribution is -2.38. The number of nitrogens with zero attached hydrogens (tertiary/aromatic N) is 1. The van der Waals surface area contributed by atoms with E-state index in [1.807, 2.05) is 38.2 Å². The highest BCUT2D eigenvalue weighted by atomic mass is 16.2. The van der Waals surface area contributed by atoms with Gasteiger partial charge in [0, 0.05) is 11.7 Å². The first-order valence-electron chi connectivity index (χ1n) is 7.42. The average Bonchev–Trinajstić information content (AvgIpc) is 2.67. The van der Waals surface area contributed by atoms with Gasteiger partial charge in [0.25, 0.3) is 0 Å². The highest BCUT2D eigenvalue weighted by molar-refractivity contribution is 5.92. The van der Waals surface area contributed by atoms with Crippen molar-refractivity contribution in [1.29, 1.82) is 0 Å². The summed E-state index contributed by atoms with van der Waals surface area (Å²) in [6.45, 7) is 4.63. The molecule has 0 aromatic heterocycles. The van der Waals surface area contributed by atoms with Gasteiger partial charge in [0.1, 0.15) is 0 Å². The Morgan fingerprint density at radius 3 is 3.05 bits per heavy atom. The summed E-state index contributed by atoms with van der Waals surface area (Å²) in [5.74, 6) is 0.0651. The van der Waals surface area contributed by atoms with Crippen molar-refractivity contribution in [3.05, 3.63) is 29.8 Å². The molecular weight excluding hydrogens is 250 g/mol.